The number of thioether (sulfide) groups is 1. The number of nitrogens with zero attached hydrogens (tertiary/aromatic N) is 2. The second kappa shape index (κ2) is 8.16. The van der Waals surface area contributed by atoms with Gasteiger partial charge in [-0.15, -0.1) is 0 Å². The molecular weight excluding hydrogens is 392 g/mol. The third kappa shape index (κ3) is 3.68. The Kier molecular flexibility index (Phi) is 5.45. The smallest absolute Gasteiger partial charge is 0.341 e. The minimum atomic E-state index is -1.07. The van der Waals surface area contributed by atoms with Gasteiger partial charge >= 0.3 is 5.97 Å². The highest BCUT2D eigenvalue weighted by Gasteiger charge is 2.22. The number of hydrogen-bond donors (Lipinski definition) is 1. The van der Waals surface area contributed by atoms with Gasteiger partial charge in [-0.2, -0.15) is 0 Å². The molecule has 0 saturated carbocycles. The number of rotatable bonds is 6. The number of carbonyl (C=O) groups is 1. The van der Waals surface area contributed by atoms with Crippen molar-refractivity contribution >= 4 is 39.4 Å². The fourth-order valence-corrected chi connectivity index (χ4v) is 4.63. The van der Waals surface area contributed by atoms with E-state index in [1.807, 2.05) is 36.6 Å². The van der Waals surface area contributed by atoms with E-state index >= 15 is 0 Å². The maximum atomic E-state index is 11.7. The number of hydrogen-bond acceptors (Lipinski definition) is 6. The molecule has 0 amide bonds. The Morgan fingerprint density at radius 2 is 2.18 bits per heavy atom. The van der Waals surface area contributed by atoms with E-state index in [1.165, 1.54) is 34.9 Å². The van der Waals surface area contributed by atoms with Crippen molar-refractivity contribution in [2.75, 3.05) is 12.9 Å². The predicted octanol–water partition coefficient (Wildman–Crippen LogP) is 5.16. The van der Waals surface area contributed by atoms with Crippen LogP contribution in [0.1, 0.15) is 28.3 Å². The van der Waals surface area contributed by atoms with E-state index in [-0.39, 0.29) is 17.2 Å². The number of pyridine rings is 1. The van der Waals surface area contributed by atoms with Gasteiger partial charge < -0.3 is 9.84 Å². The molecule has 0 radical (unpaired) electrons. The first kappa shape index (κ1) is 18.7. The molecule has 7 heteroatoms. The van der Waals surface area contributed by atoms with Gasteiger partial charge in [-0.05, 0) is 23.8 Å². The second-order valence-electron chi connectivity index (χ2n) is 6.30. The molecule has 28 heavy (non-hydrogen) atoms. The maximum Gasteiger partial charge on any atom is 0.341 e. The third-order valence-corrected chi connectivity index (χ3v) is 6.56. The molecule has 1 atom stereocenters. The lowest BCUT2D eigenvalue weighted by molar-refractivity contribution is 0.0692. The largest absolute Gasteiger partial charge is 0.486 e. The molecule has 1 aliphatic carbocycles. The molecule has 3 aromatic rings. The first-order chi connectivity index (χ1) is 13.7. The normalized spacial score (nSPS) is 16.2. The zero-order valence-corrected chi connectivity index (χ0v) is 16.8. The van der Waals surface area contributed by atoms with Gasteiger partial charge in [0.1, 0.15) is 22.5 Å². The van der Waals surface area contributed by atoms with Gasteiger partial charge in [0.25, 0.3) is 0 Å². The summed E-state index contributed by atoms with van der Waals surface area (Å²) in [5.74, 6) is -0.564. The quantitative estimate of drug-likeness (QED) is 0.566. The number of thiazole rings is 1. The molecule has 1 N–H and O–H groups in total. The topological polar surface area (TPSA) is 72.3 Å². The predicted molar refractivity (Wildman–Crippen MR) is 113 cm³/mol. The summed E-state index contributed by atoms with van der Waals surface area (Å²) in [5.41, 5.74) is 2.87. The molecule has 2 heterocycles. The van der Waals surface area contributed by atoms with Gasteiger partial charge in [-0.25, -0.2) is 14.8 Å². The van der Waals surface area contributed by atoms with Gasteiger partial charge in [-0.1, -0.05) is 71.7 Å². The van der Waals surface area contributed by atoms with Gasteiger partial charge in [0.05, 0.1) is 0 Å². The fraction of sp³-hybridized carbons (Fsp3) is 0.190. The van der Waals surface area contributed by atoms with Gasteiger partial charge in [0.15, 0.2) is 10.1 Å². The van der Waals surface area contributed by atoms with E-state index in [0.717, 1.165) is 16.3 Å². The molecule has 0 spiro atoms. The lowest BCUT2D eigenvalue weighted by Gasteiger charge is -2.22. The summed E-state index contributed by atoms with van der Waals surface area (Å²) in [7, 11) is 0. The van der Waals surface area contributed by atoms with Crippen LogP contribution in [-0.2, 0) is 0 Å². The lowest BCUT2D eigenvalue weighted by atomic mass is 9.86. The Morgan fingerprint density at radius 1 is 1.36 bits per heavy atom. The maximum absolute atomic E-state index is 11.7. The average molecular weight is 411 g/mol. The first-order valence-corrected chi connectivity index (χ1v) is 10.8. The molecular formula is C21H18N2O3S2. The van der Waals surface area contributed by atoms with E-state index in [9.17, 15) is 9.90 Å². The summed E-state index contributed by atoms with van der Waals surface area (Å²) >= 11 is 2.94. The van der Waals surface area contributed by atoms with E-state index in [2.05, 4.69) is 28.2 Å². The van der Waals surface area contributed by atoms with Crippen LogP contribution < -0.4 is 4.74 Å². The highest BCUT2D eigenvalue weighted by atomic mass is 32.2. The summed E-state index contributed by atoms with van der Waals surface area (Å²) in [6, 6.07) is 10.3. The monoisotopic (exact) mass is 410 g/mol. The molecule has 1 unspecified atom stereocenters. The minimum absolute atomic E-state index is 0.0358. The van der Waals surface area contributed by atoms with Gasteiger partial charge in [0, 0.05) is 12.1 Å². The number of carboxylic acid groups (broad SMARTS) is 1. The number of aromatic carboxylic acids is 1. The molecule has 0 saturated heterocycles. The number of benzene rings is 1. The van der Waals surface area contributed by atoms with Crippen molar-refractivity contribution in [2.24, 2.45) is 0 Å². The van der Waals surface area contributed by atoms with E-state index in [4.69, 9.17) is 4.74 Å². The van der Waals surface area contributed by atoms with Crippen molar-refractivity contribution in [1.82, 2.24) is 9.97 Å². The molecule has 0 aliphatic heterocycles. The van der Waals surface area contributed by atoms with Crippen LogP contribution in [0.4, 0.5) is 0 Å². The van der Waals surface area contributed by atoms with E-state index < -0.39 is 5.97 Å². The number of ether oxygens (including phenoxy) is 1. The summed E-state index contributed by atoms with van der Waals surface area (Å²) in [4.78, 5) is 21.1. The Morgan fingerprint density at radius 3 is 2.93 bits per heavy atom. The van der Waals surface area contributed by atoms with Crippen molar-refractivity contribution in [3.05, 3.63) is 71.5 Å². The van der Waals surface area contributed by atoms with Crippen LogP contribution in [0.2, 0.25) is 0 Å². The SMILES string of the molecule is CSc1nc2c(OCC3=CC=CCC3c3ccccc3)c(C(=O)O)cnc2s1. The van der Waals surface area contributed by atoms with E-state index in [1.54, 1.807) is 0 Å². The van der Waals surface area contributed by atoms with Crippen molar-refractivity contribution in [3.63, 3.8) is 0 Å². The molecule has 4 rings (SSSR count). The van der Waals surface area contributed by atoms with Crippen molar-refractivity contribution in [3.8, 4) is 5.75 Å². The third-order valence-electron chi connectivity index (χ3n) is 4.62. The van der Waals surface area contributed by atoms with Crippen LogP contribution in [0.5, 0.6) is 5.75 Å². The molecule has 1 aliphatic rings. The average Bonchev–Trinajstić information content (AvgIpc) is 3.16. The van der Waals surface area contributed by atoms with Crippen LogP contribution in [0.15, 0.2) is 64.7 Å². The highest BCUT2D eigenvalue weighted by molar-refractivity contribution is 8.00. The molecule has 0 fully saturated rings. The molecule has 5 nitrogen and oxygen atoms in total. The number of allylic oxidation sites excluding steroid dienone is 3. The second-order valence-corrected chi connectivity index (χ2v) is 8.33. The van der Waals surface area contributed by atoms with Crippen LogP contribution in [0, 0.1) is 0 Å². The highest BCUT2D eigenvalue weighted by Crippen LogP contribution is 2.36. The molecule has 142 valence electrons. The molecule has 1 aromatic carbocycles. The van der Waals surface area contributed by atoms with Crippen LogP contribution in [0.3, 0.4) is 0 Å². The van der Waals surface area contributed by atoms with E-state index in [0.29, 0.717) is 17.0 Å². The zero-order chi connectivity index (χ0) is 19.5. The standard InChI is InChI=1S/C21H18N2O3S2/c1-27-21-23-17-18(16(20(24)25)11-22-19(17)28-21)26-12-14-9-5-6-10-15(14)13-7-3-2-4-8-13/h2-9,11,15H,10,12H2,1H3,(H,24,25). The number of aromatic nitrogens is 2. The lowest BCUT2D eigenvalue weighted by Crippen LogP contribution is -2.13. The van der Waals surface area contributed by atoms with Crippen LogP contribution in [-0.4, -0.2) is 33.9 Å². The van der Waals surface area contributed by atoms with Crippen molar-refractivity contribution in [2.45, 2.75) is 16.7 Å². The van der Waals surface area contributed by atoms with Crippen LogP contribution in [0.25, 0.3) is 10.3 Å². The molecule has 2 aromatic heterocycles. The summed E-state index contributed by atoms with van der Waals surface area (Å²) in [6.07, 6.45) is 10.4. The first-order valence-electron chi connectivity index (χ1n) is 8.77. The Hall–Kier alpha value is -2.64. The van der Waals surface area contributed by atoms with Crippen molar-refractivity contribution < 1.29 is 14.6 Å². The zero-order valence-electron chi connectivity index (χ0n) is 15.2. The Labute approximate surface area is 170 Å². The van der Waals surface area contributed by atoms with Crippen LogP contribution >= 0.6 is 23.1 Å². The van der Waals surface area contributed by atoms with Crippen molar-refractivity contribution in [1.29, 1.82) is 0 Å². The van der Waals surface area contributed by atoms with Gasteiger partial charge in [-0.3, -0.25) is 0 Å². The number of carboxylic acids is 1. The Balaban J connectivity index is 1.66. The summed E-state index contributed by atoms with van der Waals surface area (Å²) < 4.78 is 6.90. The molecule has 0 bridgehead atoms. The summed E-state index contributed by atoms with van der Waals surface area (Å²) in [5, 5.41) is 9.58. The number of fused-ring (bicyclic) bond motifs is 1. The minimum Gasteiger partial charge on any atom is -0.486 e. The Bertz CT molecular complexity index is 1070. The fourth-order valence-electron chi connectivity index (χ4n) is 3.24. The summed E-state index contributed by atoms with van der Waals surface area (Å²) in [6.45, 7) is 0.301. The van der Waals surface area contributed by atoms with Gasteiger partial charge in [0.2, 0.25) is 0 Å².